The lowest BCUT2D eigenvalue weighted by molar-refractivity contribution is 0.177. The van der Waals surface area contributed by atoms with Crippen LogP contribution in [0, 0.1) is 0 Å². The van der Waals surface area contributed by atoms with Crippen LogP contribution in [0.3, 0.4) is 0 Å². The van der Waals surface area contributed by atoms with E-state index < -0.39 is 14.4 Å². The molecule has 0 unspecified atom stereocenters. The molecule has 0 amide bonds. The van der Waals surface area contributed by atoms with Crippen molar-refractivity contribution in [1.82, 2.24) is 0 Å². The van der Waals surface area contributed by atoms with Crippen LogP contribution in [0.2, 0.25) is 0 Å². The fourth-order valence-electron chi connectivity index (χ4n) is 0.829. The van der Waals surface area contributed by atoms with Gasteiger partial charge in [0.2, 0.25) is 0 Å². The maximum absolute atomic E-state index is 10.4. The summed E-state index contributed by atoms with van der Waals surface area (Å²) in [6.07, 6.45) is 0. The average molecular weight is 203 g/mol. The lowest BCUT2D eigenvalue weighted by atomic mass is 10.2. The van der Waals surface area contributed by atoms with E-state index in [0.29, 0.717) is 5.56 Å². The Kier molecular flexibility index (Phi) is 3.06. The maximum atomic E-state index is 10.4. The third kappa shape index (κ3) is 3.57. The van der Waals surface area contributed by atoms with Crippen LogP contribution in [-0.4, -0.2) is 9.79 Å². The third-order valence-corrected chi connectivity index (χ3v) is 1.74. The molecule has 0 saturated carbocycles. The van der Waals surface area contributed by atoms with E-state index in [-0.39, 0.29) is 5.75 Å². The predicted molar refractivity (Wildman–Crippen MR) is 43.5 cm³/mol. The summed E-state index contributed by atoms with van der Waals surface area (Å²) in [7, 11) is -4.52. The van der Waals surface area contributed by atoms with Gasteiger partial charge in [-0.3, -0.25) is 9.79 Å². The minimum absolute atomic E-state index is 0.00156. The van der Waals surface area contributed by atoms with E-state index in [1.54, 1.807) is 6.07 Å². The highest BCUT2D eigenvalue weighted by molar-refractivity contribution is 7.46. The Bertz CT molecular complexity index is 331. The molecule has 0 bridgehead atoms. The van der Waals surface area contributed by atoms with Gasteiger partial charge in [0.15, 0.2) is 0 Å². The Balaban J connectivity index is 2.84. The average Bonchev–Trinajstić information content (AvgIpc) is 2.01. The Hall–Kier alpha value is -0.870. The molecule has 0 fully saturated rings. The summed E-state index contributed by atoms with van der Waals surface area (Å²) in [5, 5.41) is 10.4. The lowest BCUT2D eigenvalue weighted by Gasteiger charge is -2.06. The number of benzene rings is 1. The summed E-state index contributed by atoms with van der Waals surface area (Å²) in [4.78, 5) is 16.9. The molecule has 6 heteroatoms. The molecular weight excluding hydrogens is 195 g/mol. The van der Waals surface area contributed by atoms with E-state index in [1.165, 1.54) is 18.2 Å². The molecule has 0 heterocycles. The van der Waals surface area contributed by atoms with Gasteiger partial charge in [0.05, 0.1) is 0 Å². The van der Waals surface area contributed by atoms with Crippen LogP contribution in [-0.2, 0) is 16.3 Å². The molecule has 2 N–H and O–H groups in total. The first-order valence-electron chi connectivity index (χ1n) is 3.43. The number of hydrogen-bond donors (Lipinski definition) is 2. The lowest BCUT2D eigenvalue weighted by Crippen LogP contribution is -1.91. The molecule has 13 heavy (non-hydrogen) atoms. The third-order valence-electron chi connectivity index (χ3n) is 1.29. The van der Waals surface area contributed by atoms with E-state index in [0.717, 1.165) is 0 Å². The van der Waals surface area contributed by atoms with Gasteiger partial charge in [-0.05, 0) is 17.7 Å². The van der Waals surface area contributed by atoms with E-state index in [1.807, 2.05) is 0 Å². The highest BCUT2D eigenvalue weighted by Gasteiger charge is 2.15. The molecule has 0 spiro atoms. The molecule has 0 aromatic heterocycles. The first-order chi connectivity index (χ1) is 6.01. The zero-order valence-corrected chi connectivity index (χ0v) is 7.48. The molecule has 1 rings (SSSR count). The predicted octanol–water partition coefficient (Wildman–Crippen LogP) is 1.09. The van der Waals surface area contributed by atoms with Gasteiger partial charge in [-0.25, -0.2) is 9.67 Å². The SMILES string of the molecule is [O]Cc1cccc(OP(=O)(O)O)c1. The van der Waals surface area contributed by atoms with Crippen LogP contribution in [0.5, 0.6) is 5.75 Å². The van der Waals surface area contributed by atoms with E-state index >= 15 is 0 Å². The molecular formula is C7H8O5P. The standard InChI is InChI=1S/C7H8O5P/c8-5-6-2-1-3-7(4-6)12-13(9,10)11/h1-4H,5H2,(H2,9,10,11). The summed E-state index contributed by atoms with van der Waals surface area (Å²) < 4.78 is 14.7. The Morgan fingerprint density at radius 3 is 2.62 bits per heavy atom. The van der Waals surface area contributed by atoms with Crippen molar-refractivity contribution < 1.29 is 24.0 Å². The second kappa shape index (κ2) is 3.89. The minimum atomic E-state index is -4.52. The summed E-state index contributed by atoms with van der Waals surface area (Å²) in [6, 6.07) is 5.72. The van der Waals surface area contributed by atoms with Gasteiger partial charge in [-0.1, -0.05) is 12.1 Å². The Labute approximate surface area is 74.8 Å². The van der Waals surface area contributed by atoms with Crippen molar-refractivity contribution in [3.8, 4) is 5.75 Å². The quantitative estimate of drug-likeness (QED) is 0.719. The molecule has 0 aliphatic rings. The van der Waals surface area contributed by atoms with Crippen LogP contribution < -0.4 is 4.52 Å². The minimum Gasteiger partial charge on any atom is -0.404 e. The first-order valence-corrected chi connectivity index (χ1v) is 4.96. The van der Waals surface area contributed by atoms with Gasteiger partial charge in [0, 0.05) is 0 Å². The van der Waals surface area contributed by atoms with Gasteiger partial charge in [-0.2, -0.15) is 0 Å². The molecule has 71 valence electrons. The van der Waals surface area contributed by atoms with Crippen molar-refractivity contribution in [2.75, 3.05) is 0 Å². The van der Waals surface area contributed by atoms with Crippen molar-refractivity contribution in [3.63, 3.8) is 0 Å². The largest absolute Gasteiger partial charge is 0.524 e. The monoisotopic (exact) mass is 203 g/mol. The smallest absolute Gasteiger partial charge is 0.404 e. The Morgan fingerprint density at radius 2 is 2.08 bits per heavy atom. The van der Waals surface area contributed by atoms with Crippen LogP contribution in [0.4, 0.5) is 0 Å². The van der Waals surface area contributed by atoms with Crippen LogP contribution >= 0.6 is 7.82 Å². The highest BCUT2D eigenvalue weighted by atomic mass is 31.2. The van der Waals surface area contributed by atoms with Gasteiger partial charge in [-0.15, -0.1) is 0 Å². The van der Waals surface area contributed by atoms with Crippen molar-refractivity contribution in [3.05, 3.63) is 29.8 Å². The fraction of sp³-hybridized carbons (Fsp3) is 0.143. The van der Waals surface area contributed by atoms with Gasteiger partial charge >= 0.3 is 7.82 Å². The van der Waals surface area contributed by atoms with Crippen LogP contribution in [0.15, 0.2) is 24.3 Å². The van der Waals surface area contributed by atoms with Gasteiger partial charge in [0.1, 0.15) is 12.4 Å². The van der Waals surface area contributed by atoms with Crippen molar-refractivity contribution in [2.45, 2.75) is 6.61 Å². The zero-order valence-electron chi connectivity index (χ0n) is 6.58. The number of hydrogen-bond acceptors (Lipinski definition) is 2. The number of phosphoric acid groups is 1. The summed E-state index contributed by atoms with van der Waals surface area (Å²) in [5.74, 6) is 0.00156. The van der Waals surface area contributed by atoms with Crippen molar-refractivity contribution >= 4 is 7.82 Å². The molecule has 0 saturated heterocycles. The Morgan fingerprint density at radius 1 is 1.38 bits per heavy atom. The normalized spacial score (nSPS) is 11.3. The molecule has 5 nitrogen and oxygen atoms in total. The van der Waals surface area contributed by atoms with Crippen LogP contribution in [0.1, 0.15) is 5.56 Å². The summed E-state index contributed by atoms with van der Waals surface area (Å²) in [6.45, 7) is -0.446. The molecule has 1 aromatic rings. The molecule has 0 aliphatic carbocycles. The molecule has 0 aliphatic heterocycles. The summed E-state index contributed by atoms with van der Waals surface area (Å²) >= 11 is 0. The highest BCUT2D eigenvalue weighted by Crippen LogP contribution is 2.37. The van der Waals surface area contributed by atoms with Gasteiger partial charge < -0.3 is 4.52 Å². The zero-order chi connectivity index (χ0) is 9.90. The first kappa shape index (κ1) is 10.2. The maximum Gasteiger partial charge on any atom is 0.524 e. The second-order valence-electron chi connectivity index (χ2n) is 2.37. The molecule has 1 aromatic carbocycles. The van der Waals surface area contributed by atoms with Crippen molar-refractivity contribution in [1.29, 1.82) is 0 Å². The summed E-state index contributed by atoms with van der Waals surface area (Å²) in [5.41, 5.74) is 0.422. The number of rotatable bonds is 3. The van der Waals surface area contributed by atoms with E-state index in [9.17, 15) is 9.67 Å². The van der Waals surface area contributed by atoms with Gasteiger partial charge in [0.25, 0.3) is 0 Å². The topological polar surface area (TPSA) is 86.7 Å². The second-order valence-corrected chi connectivity index (χ2v) is 3.54. The van der Waals surface area contributed by atoms with E-state index in [2.05, 4.69) is 4.52 Å². The fourth-order valence-corrected chi connectivity index (χ4v) is 1.22. The van der Waals surface area contributed by atoms with Crippen molar-refractivity contribution in [2.24, 2.45) is 0 Å². The van der Waals surface area contributed by atoms with Crippen LogP contribution in [0.25, 0.3) is 0 Å². The number of phosphoric ester groups is 1. The molecule has 0 atom stereocenters. The molecule has 1 radical (unpaired) electrons. The van der Waals surface area contributed by atoms with E-state index in [4.69, 9.17) is 9.79 Å².